The average Bonchev–Trinajstić information content (AvgIpc) is 2.95. The molecule has 1 unspecified atom stereocenters. The normalized spacial score (nSPS) is 17.4. The summed E-state index contributed by atoms with van der Waals surface area (Å²) >= 11 is 0. The molecule has 1 aliphatic heterocycles. The maximum atomic E-state index is 12.0. The second kappa shape index (κ2) is 16.8. The molecule has 4 nitrogen and oxygen atoms in total. The predicted molar refractivity (Wildman–Crippen MR) is 116 cm³/mol. The highest BCUT2D eigenvalue weighted by Gasteiger charge is 2.36. The molecule has 2 amide bonds. The number of nitrogens with zero attached hydrogens (tertiary/aromatic N) is 1. The number of carbonyl (C=O) groups is 2. The molecule has 0 aromatic rings. The smallest absolute Gasteiger partial charge is 0.236 e. The zero-order valence-corrected chi connectivity index (χ0v) is 18.2. The fraction of sp³-hybridized carbons (Fsp3) is 0.833. The topological polar surface area (TPSA) is 57.6 Å². The Labute approximate surface area is 172 Å². The Morgan fingerprint density at radius 2 is 1.36 bits per heavy atom. The van der Waals surface area contributed by atoms with Gasteiger partial charge in [0.05, 0.1) is 19.1 Å². The lowest BCUT2D eigenvalue weighted by Crippen LogP contribution is -2.32. The number of imide groups is 1. The number of allylic oxidation sites excluding steroid dienone is 1. The van der Waals surface area contributed by atoms with E-state index in [0.29, 0.717) is 0 Å². The van der Waals surface area contributed by atoms with Crippen LogP contribution < -0.4 is 0 Å². The first-order chi connectivity index (χ1) is 13.7. The molecular formula is C24H43NO3. The van der Waals surface area contributed by atoms with Crippen molar-refractivity contribution in [3.8, 4) is 0 Å². The number of rotatable bonds is 18. The Bertz CT molecular complexity index is 447. The van der Waals surface area contributed by atoms with Gasteiger partial charge < -0.3 is 5.11 Å². The van der Waals surface area contributed by atoms with E-state index >= 15 is 0 Å². The van der Waals surface area contributed by atoms with E-state index in [1.165, 1.54) is 88.4 Å². The number of aliphatic hydroxyl groups excluding tert-OH is 1. The summed E-state index contributed by atoms with van der Waals surface area (Å²) < 4.78 is 0. The molecule has 0 aliphatic carbocycles. The summed E-state index contributed by atoms with van der Waals surface area (Å²) in [6, 6.07) is 0. The third-order valence-electron chi connectivity index (χ3n) is 5.70. The van der Waals surface area contributed by atoms with Gasteiger partial charge in [-0.15, -0.1) is 0 Å². The van der Waals surface area contributed by atoms with Crippen LogP contribution in [0.1, 0.15) is 110 Å². The predicted octanol–water partition coefficient (Wildman–Crippen LogP) is 5.78. The Morgan fingerprint density at radius 3 is 1.86 bits per heavy atom. The molecule has 0 radical (unpaired) electrons. The quantitative estimate of drug-likeness (QED) is 0.182. The van der Waals surface area contributed by atoms with Gasteiger partial charge in [0.25, 0.3) is 0 Å². The second-order valence-electron chi connectivity index (χ2n) is 8.23. The van der Waals surface area contributed by atoms with Crippen molar-refractivity contribution in [3.63, 3.8) is 0 Å². The van der Waals surface area contributed by atoms with Gasteiger partial charge in [0.15, 0.2) is 0 Å². The molecule has 0 aromatic carbocycles. The van der Waals surface area contributed by atoms with Gasteiger partial charge in [0, 0.05) is 6.42 Å². The van der Waals surface area contributed by atoms with Crippen molar-refractivity contribution in [3.05, 3.63) is 12.2 Å². The second-order valence-corrected chi connectivity index (χ2v) is 8.23. The number of likely N-dealkylation sites (tertiary alicyclic amines) is 1. The molecule has 4 heteroatoms. The number of carbonyl (C=O) groups excluding carboxylic acids is 2. The fourth-order valence-electron chi connectivity index (χ4n) is 3.91. The number of hydrogen-bond acceptors (Lipinski definition) is 3. The summed E-state index contributed by atoms with van der Waals surface area (Å²) in [5.41, 5.74) is 0. The molecule has 0 saturated carbocycles. The summed E-state index contributed by atoms with van der Waals surface area (Å²) in [5.74, 6) is -0.632. The van der Waals surface area contributed by atoms with Crippen LogP contribution in [0.5, 0.6) is 0 Å². The summed E-state index contributed by atoms with van der Waals surface area (Å²) in [5, 5.41) is 8.91. The Kier molecular flexibility index (Phi) is 14.9. The van der Waals surface area contributed by atoms with Gasteiger partial charge in [-0.25, -0.2) is 0 Å². The summed E-state index contributed by atoms with van der Waals surface area (Å²) in [6.07, 6.45) is 24.2. The van der Waals surface area contributed by atoms with Crippen LogP contribution in [-0.4, -0.2) is 35.0 Å². The van der Waals surface area contributed by atoms with E-state index in [0.717, 1.165) is 12.8 Å². The summed E-state index contributed by atoms with van der Waals surface area (Å²) in [7, 11) is 0. The molecule has 28 heavy (non-hydrogen) atoms. The molecule has 1 aliphatic rings. The Hall–Kier alpha value is -1.16. The van der Waals surface area contributed by atoms with Crippen LogP contribution in [0.15, 0.2) is 12.2 Å². The number of unbranched alkanes of at least 4 members (excludes halogenated alkanes) is 14. The lowest BCUT2D eigenvalue weighted by atomic mass is 10.0. The fourth-order valence-corrected chi connectivity index (χ4v) is 3.91. The van der Waals surface area contributed by atoms with Crippen LogP contribution in [0.2, 0.25) is 0 Å². The first-order valence-corrected chi connectivity index (χ1v) is 11.8. The Balaban J connectivity index is 1.88. The van der Waals surface area contributed by atoms with Crippen molar-refractivity contribution < 1.29 is 14.7 Å². The van der Waals surface area contributed by atoms with E-state index in [1.54, 1.807) is 0 Å². The van der Waals surface area contributed by atoms with Crippen molar-refractivity contribution in [2.45, 2.75) is 110 Å². The average molecular weight is 394 g/mol. The standard InChI is InChI=1S/C24H43NO3/c1-2-3-4-5-6-7-8-9-10-11-12-13-14-15-16-17-18-22-21-23(27)25(19-20-26)24(22)28/h17-18,22,26H,2-16,19-21H2,1H3. The number of β-amino-alcohol motifs (C(OH)–C–C–N with tert-alkyl or cyclic N) is 1. The van der Waals surface area contributed by atoms with Gasteiger partial charge in [0.1, 0.15) is 0 Å². The maximum absolute atomic E-state index is 12.0. The van der Waals surface area contributed by atoms with Crippen LogP contribution in [0.4, 0.5) is 0 Å². The molecule has 1 N–H and O–H groups in total. The molecule has 1 saturated heterocycles. The number of amides is 2. The zero-order chi connectivity index (χ0) is 20.5. The molecule has 0 spiro atoms. The highest BCUT2D eigenvalue weighted by Crippen LogP contribution is 2.21. The summed E-state index contributed by atoms with van der Waals surface area (Å²) in [6.45, 7) is 2.24. The van der Waals surface area contributed by atoms with E-state index in [1.807, 2.05) is 6.08 Å². The molecule has 1 heterocycles. The van der Waals surface area contributed by atoms with Gasteiger partial charge >= 0.3 is 0 Å². The summed E-state index contributed by atoms with van der Waals surface area (Å²) in [4.78, 5) is 24.9. The molecule has 1 rings (SSSR count). The first kappa shape index (κ1) is 24.9. The van der Waals surface area contributed by atoms with E-state index in [2.05, 4.69) is 13.0 Å². The lowest BCUT2D eigenvalue weighted by Gasteiger charge is -2.11. The van der Waals surface area contributed by atoms with Crippen molar-refractivity contribution in [1.82, 2.24) is 4.90 Å². The van der Waals surface area contributed by atoms with Crippen molar-refractivity contribution in [2.24, 2.45) is 5.92 Å². The van der Waals surface area contributed by atoms with E-state index in [9.17, 15) is 9.59 Å². The van der Waals surface area contributed by atoms with Crippen molar-refractivity contribution in [2.75, 3.05) is 13.2 Å². The third kappa shape index (κ3) is 11.0. The van der Waals surface area contributed by atoms with E-state index in [4.69, 9.17) is 5.11 Å². The van der Waals surface area contributed by atoms with Crippen LogP contribution in [0.3, 0.4) is 0 Å². The molecule has 162 valence electrons. The number of aliphatic hydroxyl groups is 1. The molecule has 1 atom stereocenters. The molecule has 0 bridgehead atoms. The first-order valence-electron chi connectivity index (χ1n) is 11.8. The molecular weight excluding hydrogens is 350 g/mol. The van der Waals surface area contributed by atoms with Crippen molar-refractivity contribution >= 4 is 11.8 Å². The minimum absolute atomic E-state index is 0.126. The monoisotopic (exact) mass is 393 g/mol. The van der Waals surface area contributed by atoms with Gasteiger partial charge in [0.2, 0.25) is 11.8 Å². The van der Waals surface area contributed by atoms with Gasteiger partial charge in [-0.05, 0) is 12.8 Å². The van der Waals surface area contributed by atoms with Crippen molar-refractivity contribution in [1.29, 1.82) is 0 Å². The van der Waals surface area contributed by atoms with Crippen LogP contribution in [0.25, 0.3) is 0 Å². The highest BCUT2D eigenvalue weighted by atomic mass is 16.3. The molecule has 1 fully saturated rings. The Morgan fingerprint density at radius 1 is 0.857 bits per heavy atom. The minimum atomic E-state index is -0.314. The zero-order valence-electron chi connectivity index (χ0n) is 18.2. The number of hydrogen-bond donors (Lipinski definition) is 1. The van der Waals surface area contributed by atoms with E-state index < -0.39 is 0 Å². The lowest BCUT2D eigenvalue weighted by molar-refractivity contribution is -0.139. The van der Waals surface area contributed by atoms with Gasteiger partial charge in [-0.3, -0.25) is 14.5 Å². The van der Waals surface area contributed by atoms with Crippen LogP contribution >= 0.6 is 0 Å². The maximum Gasteiger partial charge on any atom is 0.236 e. The van der Waals surface area contributed by atoms with E-state index in [-0.39, 0.29) is 37.3 Å². The molecule has 0 aromatic heterocycles. The highest BCUT2D eigenvalue weighted by molar-refractivity contribution is 6.04. The van der Waals surface area contributed by atoms with Gasteiger partial charge in [-0.1, -0.05) is 103 Å². The van der Waals surface area contributed by atoms with Crippen LogP contribution in [0, 0.1) is 5.92 Å². The van der Waals surface area contributed by atoms with Gasteiger partial charge in [-0.2, -0.15) is 0 Å². The SMILES string of the molecule is CCCCCCCCCCCCCCCCC=CC1CC(=O)N(CCO)C1=O. The third-order valence-corrected chi connectivity index (χ3v) is 5.70. The largest absolute Gasteiger partial charge is 0.395 e. The minimum Gasteiger partial charge on any atom is -0.395 e. The van der Waals surface area contributed by atoms with Crippen LogP contribution in [-0.2, 0) is 9.59 Å².